The van der Waals surface area contributed by atoms with E-state index in [2.05, 4.69) is 38.1 Å². The van der Waals surface area contributed by atoms with E-state index in [9.17, 15) is 5.11 Å². The van der Waals surface area contributed by atoms with E-state index < -0.39 is 5.60 Å². The molecule has 2 fully saturated rings. The first-order valence-electron chi connectivity index (χ1n) is 8.41. The molecular weight excluding hydrogens is 244 g/mol. The maximum absolute atomic E-state index is 11.2. The molecule has 3 rings (SSSR count). The highest BCUT2D eigenvalue weighted by molar-refractivity contribution is 5.31. The summed E-state index contributed by atoms with van der Waals surface area (Å²) < 4.78 is 0. The van der Waals surface area contributed by atoms with Crippen molar-refractivity contribution in [1.82, 2.24) is 0 Å². The summed E-state index contributed by atoms with van der Waals surface area (Å²) in [7, 11) is 0. The second kappa shape index (κ2) is 5.52. The van der Waals surface area contributed by atoms with Gasteiger partial charge in [-0.15, -0.1) is 0 Å². The highest BCUT2D eigenvalue weighted by Gasteiger charge is 2.37. The lowest BCUT2D eigenvalue weighted by molar-refractivity contribution is -0.0296. The van der Waals surface area contributed by atoms with Crippen molar-refractivity contribution >= 4 is 0 Å². The third kappa shape index (κ3) is 2.65. The van der Waals surface area contributed by atoms with Gasteiger partial charge in [-0.1, -0.05) is 44.5 Å². The van der Waals surface area contributed by atoms with E-state index in [1.165, 1.54) is 36.8 Å². The minimum atomic E-state index is -0.576. The summed E-state index contributed by atoms with van der Waals surface area (Å²) in [5, 5.41) is 11.2. The second-order valence-corrected chi connectivity index (χ2v) is 7.39. The normalized spacial score (nSPS) is 31.3. The molecule has 0 bridgehead atoms. The first-order valence-corrected chi connectivity index (χ1v) is 8.41. The lowest BCUT2D eigenvalue weighted by Crippen LogP contribution is -2.34. The fourth-order valence-corrected chi connectivity index (χ4v) is 3.95. The zero-order chi connectivity index (χ0) is 14.2. The quantitative estimate of drug-likeness (QED) is 0.822. The molecule has 110 valence electrons. The number of benzene rings is 1. The Morgan fingerprint density at radius 2 is 1.95 bits per heavy atom. The van der Waals surface area contributed by atoms with Gasteiger partial charge in [0.15, 0.2) is 0 Å². The van der Waals surface area contributed by atoms with Gasteiger partial charge < -0.3 is 5.11 Å². The minimum absolute atomic E-state index is 0.576. The lowest BCUT2D eigenvalue weighted by Gasteiger charge is -2.39. The predicted octanol–water partition coefficient (Wildman–Crippen LogP) is 4.99. The summed E-state index contributed by atoms with van der Waals surface area (Å²) in [4.78, 5) is 0. The van der Waals surface area contributed by atoms with E-state index in [4.69, 9.17) is 0 Å². The second-order valence-electron chi connectivity index (χ2n) is 7.39. The standard InChI is InChI=1S/C19H28O/c1-14(2)17-9-5-11-19(20,13-17)18-10-4-8-16(12-18)15-6-3-7-15/h4,8,10,12,14-15,17,20H,3,5-7,9,11,13H2,1-2H3. The molecule has 2 saturated carbocycles. The molecule has 0 radical (unpaired) electrons. The van der Waals surface area contributed by atoms with Gasteiger partial charge in [-0.05, 0) is 67.4 Å². The number of hydrogen-bond acceptors (Lipinski definition) is 1. The van der Waals surface area contributed by atoms with Crippen LogP contribution in [0.25, 0.3) is 0 Å². The van der Waals surface area contributed by atoms with Crippen molar-refractivity contribution in [3.8, 4) is 0 Å². The van der Waals surface area contributed by atoms with Crippen LogP contribution in [-0.4, -0.2) is 5.11 Å². The fourth-order valence-electron chi connectivity index (χ4n) is 3.95. The molecule has 0 spiro atoms. The molecule has 20 heavy (non-hydrogen) atoms. The average molecular weight is 272 g/mol. The van der Waals surface area contributed by atoms with Crippen LogP contribution in [0.15, 0.2) is 24.3 Å². The van der Waals surface area contributed by atoms with Crippen molar-refractivity contribution in [3.63, 3.8) is 0 Å². The van der Waals surface area contributed by atoms with Crippen molar-refractivity contribution in [2.24, 2.45) is 11.8 Å². The maximum atomic E-state index is 11.2. The molecule has 0 saturated heterocycles. The molecule has 1 aromatic carbocycles. The number of hydrogen-bond donors (Lipinski definition) is 1. The molecule has 2 aliphatic rings. The van der Waals surface area contributed by atoms with Gasteiger partial charge in [0.2, 0.25) is 0 Å². The summed E-state index contributed by atoms with van der Waals surface area (Å²) in [5.74, 6) is 2.10. The van der Waals surface area contributed by atoms with Gasteiger partial charge in [-0.3, -0.25) is 0 Å². The molecule has 2 atom stereocenters. The first kappa shape index (κ1) is 14.1. The minimum Gasteiger partial charge on any atom is -0.385 e. The highest BCUT2D eigenvalue weighted by atomic mass is 16.3. The van der Waals surface area contributed by atoms with E-state index >= 15 is 0 Å². The molecule has 1 N–H and O–H groups in total. The lowest BCUT2D eigenvalue weighted by atomic mass is 9.70. The van der Waals surface area contributed by atoms with Crippen molar-refractivity contribution in [3.05, 3.63) is 35.4 Å². The Balaban J connectivity index is 1.82. The molecule has 1 aromatic rings. The van der Waals surface area contributed by atoms with Crippen molar-refractivity contribution in [2.75, 3.05) is 0 Å². The Kier molecular flexibility index (Phi) is 3.90. The van der Waals surface area contributed by atoms with Gasteiger partial charge in [0.05, 0.1) is 5.60 Å². The monoisotopic (exact) mass is 272 g/mol. The van der Waals surface area contributed by atoms with Gasteiger partial charge in [0.25, 0.3) is 0 Å². The fraction of sp³-hybridized carbons (Fsp3) is 0.684. The van der Waals surface area contributed by atoms with Crippen LogP contribution in [0.5, 0.6) is 0 Å². The number of rotatable bonds is 3. The molecule has 0 aromatic heterocycles. The molecule has 0 heterocycles. The number of aliphatic hydroxyl groups is 1. The van der Waals surface area contributed by atoms with Crippen LogP contribution in [0.1, 0.15) is 75.8 Å². The average Bonchev–Trinajstić information content (AvgIpc) is 2.37. The summed E-state index contributed by atoms with van der Waals surface area (Å²) in [6.45, 7) is 4.59. The van der Waals surface area contributed by atoms with Crippen LogP contribution in [-0.2, 0) is 5.60 Å². The topological polar surface area (TPSA) is 20.2 Å². The van der Waals surface area contributed by atoms with E-state index in [0.29, 0.717) is 11.8 Å². The Hall–Kier alpha value is -0.820. The van der Waals surface area contributed by atoms with Gasteiger partial charge in [0.1, 0.15) is 0 Å². The molecule has 2 unspecified atom stereocenters. The Morgan fingerprint density at radius 3 is 2.60 bits per heavy atom. The van der Waals surface area contributed by atoms with Crippen molar-refractivity contribution in [2.45, 2.75) is 70.3 Å². The van der Waals surface area contributed by atoms with Gasteiger partial charge >= 0.3 is 0 Å². The van der Waals surface area contributed by atoms with Crippen molar-refractivity contribution < 1.29 is 5.11 Å². The van der Waals surface area contributed by atoms with E-state index in [-0.39, 0.29) is 0 Å². The molecule has 2 aliphatic carbocycles. The van der Waals surface area contributed by atoms with Crippen LogP contribution in [0.3, 0.4) is 0 Å². The molecule has 1 heteroatoms. The van der Waals surface area contributed by atoms with Crippen LogP contribution >= 0.6 is 0 Å². The summed E-state index contributed by atoms with van der Waals surface area (Å²) in [5.41, 5.74) is 2.05. The van der Waals surface area contributed by atoms with Crippen LogP contribution in [0.4, 0.5) is 0 Å². The van der Waals surface area contributed by atoms with Gasteiger partial charge in [-0.25, -0.2) is 0 Å². The molecular formula is C19H28O. The maximum Gasteiger partial charge on any atom is 0.0899 e. The third-order valence-electron chi connectivity index (χ3n) is 5.71. The zero-order valence-corrected chi connectivity index (χ0v) is 12.9. The zero-order valence-electron chi connectivity index (χ0n) is 12.9. The van der Waals surface area contributed by atoms with Gasteiger partial charge in [-0.2, -0.15) is 0 Å². The smallest absolute Gasteiger partial charge is 0.0899 e. The van der Waals surface area contributed by atoms with E-state index in [1.54, 1.807) is 0 Å². The summed E-state index contributed by atoms with van der Waals surface area (Å²) in [6, 6.07) is 8.84. The largest absolute Gasteiger partial charge is 0.385 e. The Labute approximate surface area is 123 Å². The first-order chi connectivity index (χ1) is 9.58. The molecule has 0 amide bonds. The van der Waals surface area contributed by atoms with E-state index in [1.807, 2.05) is 0 Å². The predicted molar refractivity (Wildman–Crippen MR) is 83.7 cm³/mol. The molecule has 0 aliphatic heterocycles. The summed E-state index contributed by atoms with van der Waals surface area (Å²) in [6.07, 6.45) is 8.35. The highest BCUT2D eigenvalue weighted by Crippen LogP contribution is 2.44. The van der Waals surface area contributed by atoms with E-state index in [0.717, 1.165) is 25.2 Å². The van der Waals surface area contributed by atoms with Crippen LogP contribution < -0.4 is 0 Å². The Morgan fingerprint density at radius 1 is 1.15 bits per heavy atom. The Bertz CT molecular complexity index is 461. The van der Waals surface area contributed by atoms with Crippen LogP contribution in [0, 0.1) is 11.8 Å². The SMILES string of the molecule is CC(C)C1CCCC(O)(c2cccc(C3CCC3)c2)C1. The third-order valence-corrected chi connectivity index (χ3v) is 5.71. The van der Waals surface area contributed by atoms with Crippen molar-refractivity contribution in [1.29, 1.82) is 0 Å². The van der Waals surface area contributed by atoms with Gasteiger partial charge in [0, 0.05) is 0 Å². The molecule has 1 nitrogen and oxygen atoms in total. The summed E-state index contributed by atoms with van der Waals surface area (Å²) >= 11 is 0. The van der Waals surface area contributed by atoms with Crippen LogP contribution in [0.2, 0.25) is 0 Å².